The molecule has 0 aliphatic carbocycles. The molecule has 2 aliphatic rings. The number of benzene rings is 1. The summed E-state index contributed by atoms with van der Waals surface area (Å²) in [5.74, 6) is 0. The van der Waals surface area contributed by atoms with Crippen molar-refractivity contribution in [1.82, 2.24) is 0 Å². The highest BCUT2D eigenvalue weighted by Crippen LogP contribution is 2.37. The molecule has 28 heavy (non-hydrogen) atoms. The van der Waals surface area contributed by atoms with E-state index in [4.69, 9.17) is 28.2 Å². The average Bonchev–Trinajstić information content (AvgIpc) is 2.75. The smallest absolute Gasteiger partial charge is 0.189 e. The predicted molar refractivity (Wildman–Crippen MR) is 109 cm³/mol. The summed E-state index contributed by atoms with van der Waals surface area (Å²) >= 11 is 0. The van der Waals surface area contributed by atoms with Gasteiger partial charge in [-0.05, 0) is 12.8 Å². The van der Waals surface area contributed by atoms with E-state index >= 15 is 0 Å². The molecule has 7 atom stereocenters. The summed E-state index contributed by atoms with van der Waals surface area (Å²) in [7, 11) is 2.29. The fourth-order valence-electron chi connectivity index (χ4n) is 3.53. The minimum atomic E-state index is -0.532. The van der Waals surface area contributed by atoms with Crippen LogP contribution in [0.25, 0.3) is 0 Å². The number of ether oxygens (including phenoxy) is 5. The molecule has 2 heterocycles. The Morgan fingerprint density at radius 2 is 1.64 bits per heavy atom. The van der Waals surface area contributed by atoms with Gasteiger partial charge in [-0.25, -0.2) is 0 Å². The van der Waals surface area contributed by atoms with Crippen LogP contribution in [0.3, 0.4) is 0 Å². The molecule has 0 saturated carbocycles. The molecule has 7 heteroatoms. The van der Waals surface area contributed by atoms with Gasteiger partial charge in [0.2, 0.25) is 0 Å². The highest BCUT2D eigenvalue weighted by atomic mass is 31.0. The van der Waals surface area contributed by atoms with E-state index in [2.05, 4.69) is 23.3 Å². The van der Waals surface area contributed by atoms with Gasteiger partial charge in [0.15, 0.2) is 12.6 Å². The van der Waals surface area contributed by atoms with Crippen molar-refractivity contribution in [3.8, 4) is 0 Å². The van der Waals surface area contributed by atoms with E-state index < -0.39 is 12.6 Å². The van der Waals surface area contributed by atoms with Gasteiger partial charge in [-0.2, -0.15) is 0 Å². The monoisotopic (exact) mass is 412 g/mol. The van der Waals surface area contributed by atoms with E-state index in [1.807, 2.05) is 30.3 Å². The Kier molecular flexibility index (Phi) is 9.12. The molecule has 0 spiro atoms. The van der Waals surface area contributed by atoms with Gasteiger partial charge in [0, 0.05) is 28.2 Å². The fraction of sp³-hybridized carbons (Fsp3) is 0.714. The Labute approximate surface area is 170 Å². The van der Waals surface area contributed by atoms with Crippen LogP contribution in [0.5, 0.6) is 0 Å². The first kappa shape index (κ1) is 22.1. The van der Waals surface area contributed by atoms with Crippen molar-refractivity contribution in [1.29, 1.82) is 0 Å². The van der Waals surface area contributed by atoms with Crippen LogP contribution in [0.4, 0.5) is 0 Å². The number of rotatable bonds is 10. The Balaban J connectivity index is 1.76. The molecule has 158 valence electrons. The van der Waals surface area contributed by atoms with Gasteiger partial charge in [0.25, 0.3) is 0 Å². The SMILES string of the molecule is CCCCOC1C(OCCCC)[C@H]2OC(c3ccccc3)OCC2O[C@H]1OP. The van der Waals surface area contributed by atoms with E-state index in [0.29, 0.717) is 19.8 Å². The lowest BCUT2D eigenvalue weighted by Crippen LogP contribution is -2.63. The molecule has 1 aromatic carbocycles. The maximum absolute atomic E-state index is 6.33. The second kappa shape index (κ2) is 11.6. The third kappa shape index (κ3) is 5.51. The summed E-state index contributed by atoms with van der Waals surface area (Å²) in [4.78, 5) is 0. The minimum Gasteiger partial charge on any atom is -0.372 e. The van der Waals surface area contributed by atoms with Crippen LogP contribution in [0.2, 0.25) is 0 Å². The quantitative estimate of drug-likeness (QED) is 0.428. The minimum absolute atomic E-state index is 0.261. The van der Waals surface area contributed by atoms with E-state index in [0.717, 1.165) is 31.2 Å². The van der Waals surface area contributed by atoms with Gasteiger partial charge in [0.05, 0.1) is 6.61 Å². The van der Waals surface area contributed by atoms with Crippen LogP contribution in [0.15, 0.2) is 30.3 Å². The van der Waals surface area contributed by atoms with Crippen LogP contribution < -0.4 is 0 Å². The highest BCUT2D eigenvalue weighted by molar-refractivity contribution is 7.09. The van der Waals surface area contributed by atoms with Crippen molar-refractivity contribution < 1.29 is 28.2 Å². The highest BCUT2D eigenvalue weighted by Gasteiger charge is 2.51. The lowest BCUT2D eigenvalue weighted by Gasteiger charge is -2.48. The van der Waals surface area contributed by atoms with E-state index in [-0.39, 0.29) is 24.4 Å². The molecule has 5 unspecified atom stereocenters. The summed E-state index contributed by atoms with van der Waals surface area (Å²) in [5, 5.41) is 0. The molecule has 3 rings (SSSR count). The van der Waals surface area contributed by atoms with Crippen LogP contribution >= 0.6 is 9.47 Å². The van der Waals surface area contributed by atoms with Crippen molar-refractivity contribution in [2.75, 3.05) is 19.8 Å². The number of fused-ring (bicyclic) bond motifs is 1. The largest absolute Gasteiger partial charge is 0.372 e. The van der Waals surface area contributed by atoms with Crippen LogP contribution in [-0.2, 0) is 28.2 Å². The summed E-state index contributed by atoms with van der Waals surface area (Å²) in [6, 6.07) is 9.95. The standard InChI is InChI=1S/C21H33O6P/c1-3-5-12-22-18-17-16(25-21(27-28)19(18)23-13-6-4-2)14-24-20(26-17)15-10-8-7-9-11-15/h7-11,16-21H,3-6,12-14,28H2,1-2H3/t16?,17-,18?,19?,20?,21-/m0/s1. The Bertz CT molecular complexity index is 559. The zero-order valence-electron chi connectivity index (χ0n) is 16.8. The molecule has 2 fully saturated rings. The van der Waals surface area contributed by atoms with Gasteiger partial charge in [0.1, 0.15) is 24.4 Å². The molecular formula is C21H33O6P. The normalized spacial score (nSPS) is 32.8. The van der Waals surface area contributed by atoms with E-state index in [1.54, 1.807) is 0 Å². The Hall–Kier alpha value is -0.590. The molecule has 6 nitrogen and oxygen atoms in total. The lowest BCUT2D eigenvalue weighted by molar-refractivity contribution is -0.358. The molecule has 0 amide bonds. The van der Waals surface area contributed by atoms with Crippen molar-refractivity contribution in [3.63, 3.8) is 0 Å². The number of hydrogen-bond acceptors (Lipinski definition) is 6. The van der Waals surface area contributed by atoms with Gasteiger partial charge in [-0.15, -0.1) is 0 Å². The van der Waals surface area contributed by atoms with Crippen molar-refractivity contribution >= 4 is 9.47 Å². The topological polar surface area (TPSA) is 55.4 Å². The molecule has 2 saturated heterocycles. The molecular weight excluding hydrogens is 379 g/mol. The second-order valence-corrected chi connectivity index (χ2v) is 7.51. The molecule has 1 aromatic rings. The van der Waals surface area contributed by atoms with E-state index in [1.165, 1.54) is 0 Å². The maximum Gasteiger partial charge on any atom is 0.189 e. The Morgan fingerprint density at radius 3 is 2.29 bits per heavy atom. The fourth-order valence-corrected chi connectivity index (χ4v) is 3.75. The Morgan fingerprint density at radius 1 is 0.964 bits per heavy atom. The average molecular weight is 412 g/mol. The van der Waals surface area contributed by atoms with Gasteiger partial charge >= 0.3 is 0 Å². The van der Waals surface area contributed by atoms with Gasteiger partial charge in [-0.1, -0.05) is 57.0 Å². The molecule has 0 N–H and O–H groups in total. The third-order valence-electron chi connectivity index (χ3n) is 5.11. The molecule has 0 bridgehead atoms. The number of hydrogen-bond donors (Lipinski definition) is 0. The van der Waals surface area contributed by atoms with Crippen LogP contribution in [-0.4, -0.2) is 50.5 Å². The lowest BCUT2D eigenvalue weighted by atomic mass is 9.97. The first-order chi connectivity index (χ1) is 13.8. The van der Waals surface area contributed by atoms with Crippen molar-refractivity contribution in [2.24, 2.45) is 0 Å². The molecule has 2 aliphatic heterocycles. The summed E-state index contributed by atoms with van der Waals surface area (Å²) in [5.41, 5.74) is 0.987. The van der Waals surface area contributed by atoms with Gasteiger partial charge in [-0.3, -0.25) is 0 Å². The first-order valence-corrected chi connectivity index (χ1v) is 10.8. The van der Waals surface area contributed by atoms with Crippen LogP contribution in [0.1, 0.15) is 51.4 Å². The molecule has 0 radical (unpaired) electrons. The van der Waals surface area contributed by atoms with Crippen molar-refractivity contribution in [3.05, 3.63) is 35.9 Å². The zero-order chi connectivity index (χ0) is 19.8. The third-order valence-corrected chi connectivity index (χ3v) is 5.37. The maximum atomic E-state index is 6.33. The molecule has 0 aromatic heterocycles. The van der Waals surface area contributed by atoms with Crippen LogP contribution in [0, 0.1) is 0 Å². The summed E-state index contributed by atoms with van der Waals surface area (Å²) < 4.78 is 36.3. The van der Waals surface area contributed by atoms with Gasteiger partial charge < -0.3 is 28.2 Å². The first-order valence-electron chi connectivity index (χ1n) is 10.3. The zero-order valence-corrected chi connectivity index (χ0v) is 18.0. The summed E-state index contributed by atoms with van der Waals surface area (Å²) in [6.07, 6.45) is 1.96. The van der Waals surface area contributed by atoms with Crippen molar-refractivity contribution in [2.45, 2.75) is 76.5 Å². The number of unbranched alkanes of at least 4 members (excludes halogenated alkanes) is 2. The van der Waals surface area contributed by atoms with E-state index in [9.17, 15) is 0 Å². The summed E-state index contributed by atoms with van der Waals surface area (Å²) in [6.45, 7) is 6.00. The predicted octanol–water partition coefficient (Wildman–Crippen LogP) is 4.00. The second-order valence-electron chi connectivity index (χ2n) is 7.23.